The second-order valence-corrected chi connectivity index (χ2v) is 5.88. The fourth-order valence-corrected chi connectivity index (χ4v) is 2.56. The van der Waals surface area contributed by atoms with Crippen LogP contribution in [-0.2, 0) is 9.63 Å². The molecule has 2 aromatic rings. The number of carbonyl (C=O) groups excluding carboxylic acids is 1. The summed E-state index contributed by atoms with van der Waals surface area (Å²) in [6.45, 7) is 0. The van der Waals surface area contributed by atoms with E-state index in [9.17, 15) is 13.6 Å². The van der Waals surface area contributed by atoms with Crippen molar-refractivity contribution in [3.63, 3.8) is 0 Å². The predicted octanol–water partition coefficient (Wildman–Crippen LogP) is 3.86. The standard InChI is InChI=1S/C16H11BrF2N2O2/c17-10-3-1-2-9(6-10)14-8-15(23-21-14)16(22)20-13-5-4-11(18)7-12(13)19/h1-7,15H,8H2,(H,20,22)/t15-/m1/s1. The molecule has 1 aliphatic rings. The van der Waals surface area contributed by atoms with Crippen LogP contribution in [0.15, 0.2) is 52.1 Å². The van der Waals surface area contributed by atoms with Crippen LogP contribution >= 0.6 is 15.9 Å². The fourth-order valence-electron chi connectivity index (χ4n) is 2.16. The first-order valence-corrected chi connectivity index (χ1v) is 7.57. The zero-order valence-corrected chi connectivity index (χ0v) is 13.3. The highest BCUT2D eigenvalue weighted by Gasteiger charge is 2.29. The summed E-state index contributed by atoms with van der Waals surface area (Å²) < 4.78 is 27.3. The largest absolute Gasteiger partial charge is 0.382 e. The maximum Gasteiger partial charge on any atom is 0.268 e. The number of nitrogens with one attached hydrogen (secondary N) is 1. The number of nitrogens with zero attached hydrogens (tertiary/aromatic N) is 1. The van der Waals surface area contributed by atoms with Gasteiger partial charge in [-0.2, -0.15) is 0 Å². The Labute approximate surface area is 139 Å². The molecule has 0 aliphatic carbocycles. The molecular weight excluding hydrogens is 370 g/mol. The van der Waals surface area contributed by atoms with E-state index in [0.717, 1.165) is 22.2 Å². The van der Waals surface area contributed by atoms with Crippen molar-refractivity contribution < 1.29 is 18.4 Å². The second-order valence-electron chi connectivity index (χ2n) is 4.96. The highest BCUT2D eigenvalue weighted by molar-refractivity contribution is 9.10. The number of rotatable bonds is 3. The molecule has 23 heavy (non-hydrogen) atoms. The first-order chi connectivity index (χ1) is 11.0. The molecule has 3 rings (SSSR count). The molecule has 1 heterocycles. The SMILES string of the molecule is O=C(Nc1ccc(F)cc1F)[C@H]1CC(c2cccc(Br)c2)=NO1. The predicted molar refractivity (Wildman–Crippen MR) is 85.2 cm³/mol. The molecule has 0 radical (unpaired) electrons. The Kier molecular flexibility index (Phi) is 4.38. The summed E-state index contributed by atoms with van der Waals surface area (Å²) in [4.78, 5) is 17.2. The van der Waals surface area contributed by atoms with Gasteiger partial charge in [-0.25, -0.2) is 8.78 Å². The molecule has 1 amide bonds. The van der Waals surface area contributed by atoms with Gasteiger partial charge < -0.3 is 10.2 Å². The van der Waals surface area contributed by atoms with Gasteiger partial charge in [0.1, 0.15) is 11.6 Å². The summed E-state index contributed by atoms with van der Waals surface area (Å²) in [5.74, 6) is -2.09. The number of hydrogen-bond donors (Lipinski definition) is 1. The molecule has 0 saturated carbocycles. The van der Waals surface area contributed by atoms with Crippen molar-refractivity contribution in [1.82, 2.24) is 0 Å². The van der Waals surface area contributed by atoms with Crippen LogP contribution in [0.2, 0.25) is 0 Å². The number of halogens is 3. The van der Waals surface area contributed by atoms with E-state index in [1.54, 1.807) is 0 Å². The number of carbonyl (C=O) groups is 1. The topological polar surface area (TPSA) is 50.7 Å². The normalized spacial score (nSPS) is 16.7. The maximum absolute atomic E-state index is 13.6. The third-order valence-electron chi connectivity index (χ3n) is 3.31. The number of amides is 1. The maximum atomic E-state index is 13.6. The lowest BCUT2D eigenvalue weighted by molar-refractivity contribution is -0.125. The van der Waals surface area contributed by atoms with Crippen LogP contribution in [-0.4, -0.2) is 17.7 Å². The van der Waals surface area contributed by atoms with Crippen molar-refractivity contribution in [2.75, 3.05) is 5.32 Å². The molecule has 7 heteroatoms. The van der Waals surface area contributed by atoms with Crippen LogP contribution in [0.4, 0.5) is 14.5 Å². The summed E-state index contributed by atoms with van der Waals surface area (Å²) in [5.41, 5.74) is 1.37. The molecule has 0 bridgehead atoms. The quantitative estimate of drug-likeness (QED) is 0.878. The van der Waals surface area contributed by atoms with Gasteiger partial charge in [0, 0.05) is 22.5 Å². The summed E-state index contributed by atoms with van der Waals surface area (Å²) in [6.07, 6.45) is -0.584. The first kappa shape index (κ1) is 15.6. The lowest BCUT2D eigenvalue weighted by atomic mass is 10.0. The molecule has 0 unspecified atom stereocenters. The monoisotopic (exact) mass is 380 g/mol. The molecule has 1 aliphatic heterocycles. The Hall–Kier alpha value is -2.28. The summed E-state index contributed by atoms with van der Waals surface area (Å²) >= 11 is 3.36. The molecular formula is C16H11BrF2N2O2. The van der Waals surface area contributed by atoms with Crippen molar-refractivity contribution >= 4 is 33.2 Å². The molecule has 4 nitrogen and oxygen atoms in total. The van der Waals surface area contributed by atoms with E-state index in [0.29, 0.717) is 11.8 Å². The smallest absolute Gasteiger partial charge is 0.268 e. The van der Waals surface area contributed by atoms with Gasteiger partial charge in [0.25, 0.3) is 5.91 Å². The first-order valence-electron chi connectivity index (χ1n) is 6.77. The summed E-state index contributed by atoms with van der Waals surface area (Å²) in [7, 11) is 0. The molecule has 0 fully saturated rings. The average molecular weight is 381 g/mol. The van der Waals surface area contributed by atoms with Gasteiger partial charge in [-0.15, -0.1) is 0 Å². The third-order valence-corrected chi connectivity index (χ3v) is 3.80. The van der Waals surface area contributed by atoms with E-state index in [1.807, 2.05) is 24.3 Å². The van der Waals surface area contributed by atoms with Crippen LogP contribution < -0.4 is 5.32 Å². The van der Waals surface area contributed by atoms with Gasteiger partial charge in [0.15, 0.2) is 0 Å². The van der Waals surface area contributed by atoms with Gasteiger partial charge in [0.05, 0.1) is 11.4 Å². The third kappa shape index (κ3) is 3.56. The molecule has 0 aromatic heterocycles. The minimum atomic E-state index is -0.853. The van der Waals surface area contributed by atoms with Crippen molar-refractivity contribution in [1.29, 1.82) is 0 Å². The van der Waals surface area contributed by atoms with Gasteiger partial charge >= 0.3 is 0 Å². The minimum Gasteiger partial charge on any atom is -0.382 e. The molecule has 0 spiro atoms. The van der Waals surface area contributed by atoms with Crippen LogP contribution in [0.1, 0.15) is 12.0 Å². The van der Waals surface area contributed by atoms with E-state index in [-0.39, 0.29) is 12.1 Å². The van der Waals surface area contributed by atoms with Gasteiger partial charge in [-0.05, 0) is 24.3 Å². The Balaban J connectivity index is 1.67. The van der Waals surface area contributed by atoms with Crippen molar-refractivity contribution in [2.45, 2.75) is 12.5 Å². The van der Waals surface area contributed by atoms with E-state index in [4.69, 9.17) is 4.84 Å². The van der Waals surface area contributed by atoms with Crippen LogP contribution in [0.25, 0.3) is 0 Å². The molecule has 0 saturated heterocycles. The number of oxime groups is 1. The van der Waals surface area contributed by atoms with E-state index >= 15 is 0 Å². The van der Waals surface area contributed by atoms with E-state index < -0.39 is 23.6 Å². The lowest BCUT2D eigenvalue weighted by Crippen LogP contribution is -2.28. The van der Waals surface area contributed by atoms with Gasteiger partial charge in [0.2, 0.25) is 6.10 Å². The zero-order chi connectivity index (χ0) is 16.4. The molecule has 1 atom stereocenters. The highest BCUT2D eigenvalue weighted by atomic mass is 79.9. The minimum absolute atomic E-state index is 0.101. The zero-order valence-electron chi connectivity index (χ0n) is 11.7. The van der Waals surface area contributed by atoms with Gasteiger partial charge in [-0.1, -0.05) is 33.2 Å². The summed E-state index contributed by atoms with van der Waals surface area (Å²) in [5, 5.41) is 6.28. The summed E-state index contributed by atoms with van der Waals surface area (Å²) in [6, 6.07) is 10.4. The number of anilines is 1. The van der Waals surface area contributed by atoms with E-state index in [2.05, 4.69) is 26.4 Å². The van der Waals surface area contributed by atoms with Crippen molar-refractivity contribution in [3.05, 3.63) is 64.1 Å². The fraction of sp³-hybridized carbons (Fsp3) is 0.125. The Morgan fingerprint density at radius 2 is 2.09 bits per heavy atom. The van der Waals surface area contributed by atoms with E-state index in [1.165, 1.54) is 0 Å². The Morgan fingerprint density at radius 3 is 2.83 bits per heavy atom. The van der Waals surface area contributed by atoms with Crippen molar-refractivity contribution in [3.8, 4) is 0 Å². The van der Waals surface area contributed by atoms with Crippen molar-refractivity contribution in [2.24, 2.45) is 5.16 Å². The lowest BCUT2D eigenvalue weighted by Gasteiger charge is -2.10. The van der Waals surface area contributed by atoms with Crippen LogP contribution in [0, 0.1) is 11.6 Å². The Morgan fingerprint density at radius 1 is 1.26 bits per heavy atom. The molecule has 1 N–H and O–H groups in total. The molecule has 2 aromatic carbocycles. The second kappa shape index (κ2) is 6.45. The molecule has 118 valence electrons. The Bertz CT molecular complexity index is 795. The average Bonchev–Trinajstić information content (AvgIpc) is 3.00. The van der Waals surface area contributed by atoms with Crippen LogP contribution in [0.3, 0.4) is 0 Å². The number of benzene rings is 2. The van der Waals surface area contributed by atoms with Gasteiger partial charge in [-0.3, -0.25) is 4.79 Å². The van der Waals surface area contributed by atoms with Crippen LogP contribution in [0.5, 0.6) is 0 Å². The number of hydrogen-bond acceptors (Lipinski definition) is 3. The highest BCUT2D eigenvalue weighted by Crippen LogP contribution is 2.22.